The first-order valence-corrected chi connectivity index (χ1v) is 10.4. The van der Waals surface area contributed by atoms with Gasteiger partial charge in [-0.3, -0.25) is 4.79 Å². The molecule has 2 aromatic carbocycles. The second-order valence-electron chi connectivity index (χ2n) is 7.94. The fourth-order valence-electron chi connectivity index (χ4n) is 4.12. The number of fused-ring (bicyclic) bond motifs is 2. The van der Waals surface area contributed by atoms with Crippen LogP contribution in [0.1, 0.15) is 22.3 Å². The number of aliphatic carboxylic acids is 1. The topological polar surface area (TPSA) is 124 Å². The van der Waals surface area contributed by atoms with Crippen LogP contribution in [0.5, 0.6) is 5.75 Å². The van der Waals surface area contributed by atoms with Crippen LogP contribution >= 0.6 is 0 Å². The third kappa shape index (κ3) is 4.19. The molecule has 4 aromatic rings. The lowest BCUT2D eigenvalue weighted by Crippen LogP contribution is -2.49. The van der Waals surface area contributed by atoms with Crippen LogP contribution in [0.15, 0.2) is 51.8 Å². The van der Waals surface area contributed by atoms with E-state index in [0.717, 1.165) is 16.5 Å². The number of hydrogen-bond donors (Lipinski definition) is 2. The van der Waals surface area contributed by atoms with Gasteiger partial charge in [0.25, 0.3) is 0 Å². The molecule has 8 heteroatoms. The van der Waals surface area contributed by atoms with Crippen molar-refractivity contribution in [3.63, 3.8) is 0 Å². The van der Waals surface area contributed by atoms with E-state index < -0.39 is 23.5 Å². The van der Waals surface area contributed by atoms with Crippen molar-refractivity contribution >= 4 is 33.7 Å². The minimum absolute atomic E-state index is 0.0440. The highest BCUT2D eigenvalue weighted by Crippen LogP contribution is 2.29. The Balaban J connectivity index is 1.58. The number of aryl methyl sites for hydroxylation is 2. The molecule has 0 saturated carbocycles. The van der Waals surface area contributed by atoms with E-state index in [1.54, 1.807) is 32.2 Å². The molecule has 33 heavy (non-hydrogen) atoms. The number of ether oxygens (including phenoxy) is 1. The predicted molar refractivity (Wildman–Crippen MR) is 121 cm³/mol. The molecule has 2 aromatic heterocycles. The first-order chi connectivity index (χ1) is 15.8. The summed E-state index contributed by atoms with van der Waals surface area (Å²) in [5.74, 6) is -1.42. The van der Waals surface area contributed by atoms with Crippen molar-refractivity contribution in [2.45, 2.75) is 32.7 Å². The number of carboxylic acids is 1. The summed E-state index contributed by atoms with van der Waals surface area (Å²) in [5, 5.41) is 15.8. The standard InChI is InChI=1S/C25H24N2O6/c1-13-16-8-9-21(32-3)14(2)23(16)33-25(31)18(13)11-22(28)27-20(24(29)30)10-15-12-26-19-7-5-4-6-17(15)19/h4-9,12,20,26H,10-11H2,1-3H3,(H,27,28)(H,29,30)/p-1/t20-/m0/s1. The molecule has 0 aliphatic rings. The van der Waals surface area contributed by atoms with Crippen molar-refractivity contribution in [2.24, 2.45) is 0 Å². The number of amides is 1. The number of carboxylic acid groups (broad SMARTS) is 1. The summed E-state index contributed by atoms with van der Waals surface area (Å²) in [6, 6.07) is 9.75. The average molecular weight is 447 g/mol. The van der Waals surface area contributed by atoms with Crippen molar-refractivity contribution in [1.29, 1.82) is 0 Å². The van der Waals surface area contributed by atoms with Gasteiger partial charge in [-0.05, 0) is 43.2 Å². The summed E-state index contributed by atoms with van der Waals surface area (Å²) in [5.41, 5.74) is 2.82. The number of rotatable bonds is 7. The van der Waals surface area contributed by atoms with Gasteiger partial charge < -0.3 is 29.4 Å². The number of aromatic nitrogens is 1. The molecule has 0 spiro atoms. The SMILES string of the molecule is COc1ccc2c(C)c(CC(=O)N[C@@H](Cc3c[nH]c4ccccc34)C(=O)[O-])c(=O)oc2c1C. The Morgan fingerprint density at radius 3 is 2.61 bits per heavy atom. The van der Waals surface area contributed by atoms with Crippen LogP contribution in [-0.4, -0.2) is 30.0 Å². The van der Waals surface area contributed by atoms with Crippen LogP contribution in [0.3, 0.4) is 0 Å². The zero-order valence-electron chi connectivity index (χ0n) is 18.5. The third-order valence-electron chi connectivity index (χ3n) is 5.93. The first kappa shape index (κ1) is 22.1. The number of para-hydroxylation sites is 1. The number of benzene rings is 2. The van der Waals surface area contributed by atoms with Crippen molar-refractivity contribution in [1.82, 2.24) is 10.3 Å². The number of aromatic amines is 1. The lowest BCUT2D eigenvalue weighted by molar-refractivity contribution is -0.308. The van der Waals surface area contributed by atoms with Gasteiger partial charge in [-0.25, -0.2) is 4.79 Å². The molecule has 2 heterocycles. The van der Waals surface area contributed by atoms with E-state index in [-0.39, 0.29) is 18.4 Å². The maximum atomic E-state index is 12.7. The van der Waals surface area contributed by atoms with E-state index >= 15 is 0 Å². The van der Waals surface area contributed by atoms with E-state index in [9.17, 15) is 19.5 Å². The van der Waals surface area contributed by atoms with E-state index in [1.165, 1.54) is 7.11 Å². The lowest BCUT2D eigenvalue weighted by atomic mass is 10.0. The van der Waals surface area contributed by atoms with Crippen molar-refractivity contribution in [2.75, 3.05) is 7.11 Å². The minimum atomic E-state index is -1.40. The highest BCUT2D eigenvalue weighted by Gasteiger charge is 2.21. The maximum absolute atomic E-state index is 12.7. The molecule has 2 N–H and O–H groups in total. The maximum Gasteiger partial charge on any atom is 0.340 e. The Bertz CT molecular complexity index is 1430. The molecule has 0 saturated heterocycles. The molecular weight excluding hydrogens is 424 g/mol. The summed E-state index contributed by atoms with van der Waals surface area (Å²) >= 11 is 0. The molecule has 0 unspecified atom stereocenters. The van der Waals surface area contributed by atoms with Crippen LogP contribution in [0.4, 0.5) is 0 Å². The molecule has 4 rings (SSSR count). The van der Waals surface area contributed by atoms with Crippen LogP contribution < -0.4 is 20.8 Å². The quantitative estimate of drug-likeness (QED) is 0.417. The molecule has 0 aliphatic heterocycles. The minimum Gasteiger partial charge on any atom is -0.548 e. The van der Waals surface area contributed by atoms with Gasteiger partial charge >= 0.3 is 5.63 Å². The van der Waals surface area contributed by atoms with E-state index in [1.807, 2.05) is 24.3 Å². The van der Waals surface area contributed by atoms with Crippen molar-refractivity contribution < 1.29 is 23.8 Å². The molecule has 8 nitrogen and oxygen atoms in total. The van der Waals surface area contributed by atoms with Gasteiger partial charge in [-0.15, -0.1) is 0 Å². The second kappa shape index (κ2) is 8.82. The highest BCUT2D eigenvalue weighted by atomic mass is 16.5. The van der Waals surface area contributed by atoms with E-state index in [4.69, 9.17) is 9.15 Å². The predicted octanol–water partition coefficient (Wildman–Crippen LogP) is 1.92. The smallest absolute Gasteiger partial charge is 0.340 e. The Morgan fingerprint density at radius 2 is 1.88 bits per heavy atom. The van der Waals surface area contributed by atoms with Crippen LogP contribution in [-0.2, 0) is 22.4 Å². The number of H-pyrrole nitrogens is 1. The number of carbonyl (C=O) groups excluding carboxylic acids is 2. The van der Waals surface area contributed by atoms with Gasteiger partial charge in [-0.2, -0.15) is 0 Å². The zero-order valence-corrected chi connectivity index (χ0v) is 18.5. The number of carbonyl (C=O) groups is 2. The summed E-state index contributed by atoms with van der Waals surface area (Å²) in [6.07, 6.45) is 1.45. The largest absolute Gasteiger partial charge is 0.548 e. The normalized spacial score (nSPS) is 12.1. The average Bonchev–Trinajstić information content (AvgIpc) is 3.20. The molecule has 170 valence electrons. The Kier molecular flexibility index (Phi) is 5.91. The lowest BCUT2D eigenvalue weighted by Gasteiger charge is -2.20. The van der Waals surface area contributed by atoms with Crippen LogP contribution in [0, 0.1) is 13.8 Å². The first-order valence-electron chi connectivity index (χ1n) is 10.4. The Hall–Kier alpha value is -4.07. The summed E-state index contributed by atoms with van der Waals surface area (Å²) in [6.45, 7) is 3.51. The fourth-order valence-corrected chi connectivity index (χ4v) is 4.12. The van der Waals surface area contributed by atoms with Crippen molar-refractivity contribution in [3.05, 3.63) is 75.3 Å². The zero-order chi connectivity index (χ0) is 23.7. The van der Waals surface area contributed by atoms with Gasteiger partial charge in [0.2, 0.25) is 5.91 Å². The van der Waals surface area contributed by atoms with Gasteiger partial charge in [0.05, 0.1) is 31.1 Å². The summed E-state index contributed by atoms with van der Waals surface area (Å²) in [7, 11) is 1.53. The van der Waals surface area contributed by atoms with Gasteiger partial charge in [0.15, 0.2) is 0 Å². The summed E-state index contributed by atoms with van der Waals surface area (Å²) in [4.78, 5) is 40.2. The van der Waals surface area contributed by atoms with Crippen LogP contribution in [0.2, 0.25) is 0 Å². The van der Waals surface area contributed by atoms with Gasteiger partial charge in [-0.1, -0.05) is 18.2 Å². The molecule has 1 atom stereocenters. The summed E-state index contributed by atoms with van der Waals surface area (Å²) < 4.78 is 10.8. The number of methoxy groups -OCH3 is 1. The molecule has 1 amide bonds. The van der Waals surface area contributed by atoms with E-state index in [0.29, 0.717) is 27.8 Å². The van der Waals surface area contributed by atoms with E-state index in [2.05, 4.69) is 10.3 Å². The molecule has 0 bridgehead atoms. The fraction of sp³-hybridized carbons (Fsp3) is 0.240. The number of nitrogens with one attached hydrogen (secondary N) is 2. The van der Waals surface area contributed by atoms with Gasteiger partial charge in [0, 0.05) is 34.5 Å². The highest BCUT2D eigenvalue weighted by molar-refractivity contribution is 5.89. The second-order valence-corrected chi connectivity index (χ2v) is 7.94. The molecule has 0 fully saturated rings. The van der Waals surface area contributed by atoms with Crippen molar-refractivity contribution in [3.8, 4) is 5.75 Å². The monoisotopic (exact) mass is 447 g/mol. The molecule has 0 radical (unpaired) electrons. The molecular formula is C25H23N2O6-. The Labute approximate surface area is 189 Å². The Morgan fingerprint density at radius 1 is 1.12 bits per heavy atom. The van der Waals surface area contributed by atoms with Crippen LogP contribution in [0.25, 0.3) is 21.9 Å². The third-order valence-corrected chi connectivity index (χ3v) is 5.93. The number of hydrogen-bond acceptors (Lipinski definition) is 6. The molecule has 0 aliphatic carbocycles. The van der Waals surface area contributed by atoms with Gasteiger partial charge in [0.1, 0.15) is 11.3 Å².